The second-order valence-corrected chi connectivity index (χ2v) is 8.79. The lowest BCUT2D eigenvalue weighted by molar-refractivity contribution is 0.130. The van der Waals surface area contributed by atoms with Crippen molar-refractivity contribution in [2.24, 2.45) is 11.7 Å². The summed E-state index contributed by atoms with van der Waals surface area (Å²) in [6.07, 6.45) is 1.75. The van der Waals surface area contributed by atoms with Crippen molar-refractivity contribution in [2.75, 3.05) is 11.9 Å². The summed E-state index contributed by atoms with van der Waals surface area (Å²) in [6.45, 7) is 10.8. The molecule has 0 radical (unpaired) electrons. The Hall–Kier alpha value is -2.80. The zero-order valence-corrected chi connectivity index (χ0v) is 18.3. The minimum absolute atomic E-state index is 0.207. The molecule has 1 atom stereocenters. The minimum Gasteiger partial charge on any atom is -0.492 e. The van der Waals surface area contributed by atoms with Crippen LogP contribution in [0.5, 0.6) is 11.5 Å². The third-order valence-corrected chi connectivity index (χ3v) is 4.63. The number of rotatable bonds is 7. The zero-order valence-electron chi connectivity index (χ0n) is 18.3. The fourth-order valence-corrected chi connectivity index (χ4v) is 3.62. The molecule has 0 spiro atoms. The van der Waals surface area contributed by atoms with Gasteiger partial charge in [0, 0.05) is 16.7 Å². The summed E-state index contributed by atoms with van der Waals surface area (Å²) >= 11 is 0. The number of carbonyl (C=O) groups is 1. The Morgan fingerprint density at radius 2 is 2.03 bits per heavy atom. The minimum atomic E-state index is -0.538. The van der Waals surface area contributed by atoms with Gasteiger partial charge in [-0.25, -0.2) is 9.78 Å². The molecule has 0 fully saturated rings. The van der Waals surface area contributed by atoms with Crippen LogP contribution in [0.3, 0.4) is 0 Å². The number of amides is 1. The molecular formula is C23H31N3O4. The fraction of sp³-hybridized carbons (Fsp3) is 0.478. The highest BCUT2D eigenvalue weighted by molar-refractivity contribution is 5.86. The standard InChI is InChI=1S/C23H31N3O4/c1-14(2)10-23(5,24)13-29-17-6-7-18-16(8-17)12-28-20-11-25-21(9-19(18)20)26-22(27)30-15(3)4/h6-9,11,14-15H,10,12-13,24H2,1-5H3,(H,25,26,27)/t23-/m0/s1. The van der Waals surface area contributed by atoms with E-state index in [1.165, 1.54) is 0 Å². The lowest BCUT2D eigenvalue weighted by Crippen LogP contribution is -2.43. The van der Waals surface area contributed by atoms with Gasteiger partial charge in [0.15, 0.2) is 0 Å². The van der Waals surface area contributed by atoms with Crippen molar-refractivity contribution >= 4 is 11.9 Å². The van der Waals surface area contributed by atoms with E-state index in [1.807, 2.05) is 25.1 Å². The summed E-state index contributed by atoms with van der Waals surface area (Å²) in [5, 5.41) is 2.65. The molecule has 7 heteroatoms. The van der Waals surface area contributed by atoms with Gasteiger partial charge in [-0.2, -0.15) is 0 Å². The summed E-state index contributed by atoms with van der Waals surface area (Å²) < 4.78 is 16.9. The van der Waals surface area contributed by atoms with Crippen LogP contribution in [0.15, 0.2) is 30.5 Å². The van der Waals surface area contributed by atoms with Crippen molar-refractivity contribution in [3.8, 4) is 22.6 Å². The first-order chi connectivity index (χ1) is 14.1. The number of nitrogens with one attached hydrogen (secondary N) is 1. The summed E-state index contributed by atoms with van der Waals surface area (Å²) in [6, 6.07) is 7.69. The summed E-state index contributed by atoms with van der Waals surface area (Å²) in [5.74, 6) is 2.34. The monoisotopic (exact) mass is 413 g/mol. The molecule has 1 aliphatic heterocycles. The van der Waals surface area contributed by atoms with Gasteiger partial charge in [-0.05, 0) is 56.9 Å². The Morgan fingerprint density at radius 1 is 1.27 bits per heavy atom. The molecule has 1 aromatic carbocycles. The average molecular weight is 414 g/mol. The van der Waals surface area contributed by atoms with Gasteiger partial charge in [0.25, 0.3) is 0 Å². The largest absolute Gasteiger partial charge is 0.492 e. The van der Waals surface area contributed by atoms with Crippen molar-refractivity contribution in [1.29, 1.82) is 0 Å². The third-order valence-electron chi connectivity index (χ3n) is 4.63. The first-order valence-electron chi connectivity index (χ1n) is 10.3. The first-order valence-corrected chi connectivity index (χ1v) is 10.3. The molecule has 3 rings (SSSR count). The second-order valence-electron chi connectivity index (χ2n) is 8.79. The lowest BCUT2D eigenvalue weighted by Gasteiger charge is -2.27. The topological polar surface area (TPSA) is 95.7 Å². The number of hydrogen-bond donors (Lipinski definition) is 2. The molecule has 162 valence electrons. The highest BCUT2D eigenvalue weighted by Gasteiger charge is 2.23. The number of hydrogen-bond acceptors (Lipinski definition) is 6. The van der Waals surface area contributed by atoms with Gasteiger partial charge in [-0.3, -0.25) is 5.32 Å². The van der Waals surface area contributed by atoms with Gasteiger partial charge in [0.2, 0.25) is 0 Å². The van der Waals surface area contributed by atoms with Gasteiger partial charge in [0.1, 0.15) is 30.5 Å². The van der Waals surface area contributed by atoms with E-state index in [0.29, 0.717) is 30.7 Å². The van der Waals surface area contributed by atoms with Crippen LogP contribution < -0.4 is 20.5 Å². The van der Waals surface area contributed by atoms with Gasteiger partial charge >= 0.3 is 6.09 Å². The number of ether oxygens (including phenoxy) is 3. The van der Waals surface area contributed by atoms with E-state index >= 15 is 0 Å². The van der Waals surface area contributed by atoms with Crippen molar-refractivity contribution in [3.05, 3.63) is 36.0 Å². The van der Waals surface area contributed by atoms with Crippen LogP contribution in [0.1, 0.15) is 46.6 Å². The molecule has 30 heavy (non-hydrogen) atoms. The number of pyridine rings is 1. The Balaban J connectivity index is 1.76. The molecule has 1 aromatic heterocycles. The van der Waals surface area contributed by atoms with Crippen molar-refractivity contribution < 1.29 is 19.0 Å². The molecule has 0 bridgehead atoms. The van der Waals surface area contributed by atoms with Crippen molar-refractivity contribution in [2.45, 2.75) is 59.3 Å². The molecule has 1 amide bonds. The van der Waals surface area contributed by atoms with Crippen LogP contribution in [0.2, 0.25) is 0 Å². The first kappa shape index (κ1) is 21.9. The van der Waals surface area contributed by atoms with Crippen LogP contribution in [0.25, 0.3) is 11.1 Å². The normalized spacial score (nSPS) is 14.4. The number of benzene rings is 1. The lowest BCUT2D eigenvalue weighted by atomic mass is 9.93. The highest BCUT2D eigenvalue weighted by atomic mass is 16.6. The third kappa shape index (κ3) is 5.63. The number of nitrogens with zero attached hydrogens (tertiary/aromatic N) is 1. The van der Waals surface area contributed by atoms with E-state index in [1.54, 1.807) is 26.1 Å². The Kier molecular flexibility index (Phi) is 6.51. The molecule has 0 unspecified atom stereocenters. The number of anilines is 1. The van der Waals surface area contributed by atoms with E-state index in [-0.39, 0.29) is 11.6 Å². The molecule has 2 heterocycles. The van der Waals surface area contributed by atoms with Crippen LogP contribution in [-0.4, -0.2) is 29.3 Å². The van der Waals surface area contributed by atoms with Gasteiger partial charge in [-0.1, -0.05) is 19.9 Å². The SMILES string of the molecule is CC(C)C[C@](C)(N)COc1ccc2c(c1)COc1cnc(NC(=O)OC(C)C)cc1-2. The number of aromatic nitrogens is 1. The maximum Gasteiger partial charge on any atom is 0.413 e. The Bertz CT molecular complexity index is 909. The molecule has 0 saturated heterocycles. The molecule has 3 N–H and O–H groups in total. The molecule has 1 aliphatic rings. The van der Waals surface area contributed by atoms with Gasteiger partial charge in [-0.15, -0.1) is 0 Å². The summed E-state index contributed by atoms with van der Waals surface area (Å²) in [4.78, 5) is 16.1. The highest BCUT2D eigenvalue weighted by Crippen LogP contribution is 2.39. The number of nitrogens with two attached hydrogens (primary N) is 1. The molecule has 7 nitrogen and oxygen atoms in total. The second kappa shape index (κ2) is 8.92. The van der Waals surface area contributed by atoms with Crippen molar-refractivity contribution in [3.63, 3.8) is 0 Å². The van der Waals surface area contributed by atoms with Crippen LogP contribution in [0, 0.1) is 5.92 Å². The molecule has 0 saturated carbocycles. The van der Waals surface area contributed by atoms with Gasteiger partial charge in [0.05, 0.1) is 12.3 Å². The number of fused-ring (bicyclic) bond motifs is 3. The van der Waals surface area contributed by atoms with Crippen LogP contribution in [0.4, 0.5) is 10.6 Å². The van der Waals surface area contributed by atoms with E-state index in [0.717, 1.165) is 28.9 Å². The summed E-state index contributed by atoms with van der Waals surface area (Å²) in [5.41, 5.74) is 8.85. The van der Waals surface area contributed by atoms with E-state index in [4.69, 9.17) is 19.9 Å². The smallest absolute Gasteiger partial charge is 0.413 e. The molecular weight excluding hydrogens is 382 g/mol. The fourth-order valence-electron chi connectivity index (χ4n) is 3.62. The number of carbonyl (C=O) groups excluding carboxylic acids is 1. The maximum absolute atomic E-state index is 11.9. The van der Waals surface area contributed by atoms with Crippen molar-refractivity contribution in [1.82, 2.24) is 4.98 Å². The Morgan fingerprint density at radius 3 is 2.73 bits per heavy atom. The van der Waals surface area contributed by atoms with E-state index < -0.39 is 6.09 Å². The van der Waals surface area contributed by atoms with E-state index in [9.17, 15) is 4.79 Å². The molecule has 0 aliphatic carbocycles. The zero-order chi connectivity index (χ0) is 21.9. The predicted molar refractivity (Wildman–Crippen MR) is 117 cm³/mol. The quantitative estimate of drug-likeness (QED) is 0.681. The maximum atomic E-state index is 11.9. The average Bonchev–Trinajstić information content (AvgIpc) is 2.64. The van der Waals surface area contributed by atoms with E-state index in [2.05, 4.69) is 24.1 Å². The molecule has 2 aromatic rings. The van der Waals surface area contributed by atoms with Crippen LogP contribution >= 0.6 is 0 Å². The van der Waals surface area contributed by atoms with Gasteiger partial charge < -0.3 is 19.9 Å². The van der Waals surface area contributed by atoms with Crippen LogP contribution in [-0.2, 0) is 11.3 Å². The Labute approximate surface area is 177 Å². The summed E-state index contributed by atoms with van der Waals surface area (Å²) in [7, 11) is 0. The predicted octanol–water partition coefficient (Wildman–Crippen LogP) is 4.74.